The molecule has 0 bridgehead atoms. The first-order valence-electron chi connectivity index (χ1n) is 28.0. The van der Waals surface area contributed by atoms with Crippen molar-refractivity contribution >= 4 is 5.91 Å². The summed E-state index contributed by atoms with van der Waals surface area (Å²) in [5.41, 5.74) is 0. The van der Waals surface area contributed by atoms with Crippen molar-refractivity contribution in [1.82, 2.24) is 5.32 Å². The summed E-state index contributed by atoms with van der Waals surface area (Å²) in [7, 11) is 0. The van der Waals surface area contributed by atoms with Crippen LogP contribution in [0.15, 0.2) is 48.6 Å². The SMILES string of the molecule is CC/C=C\C/C=C\CCCCCCCCCCCCCCCC(O)C(=O)NC(COC1OC(CO)C(O)C(O)C1O)C(O)C(O)CCC/C=C/CC/C=C/CCCCCCCCCCCCCC. The van der Waals surface area contributed by atoms with Crippen molar-refractivity contribution in [3.63, 3.8) is 0 Å². The molecule has 1 heterocycles. The van der Waals surface area contributed by atoms with E-state index in [1.165, 1.54) is 141 Å². The lowest BCUT2D eigenvalue weighted by molar-refractivity contribution is -0.303. The van der Waals surface area contributed by atoms with Crippen LogP contribution in [0.3, 0.4) is 0 Å². The molecule has 0 saturated carbocycles. The van der Waals surface area contributed by atoms with E-state index in [1.807, 2.05) is 0 Å². The van der Waals surface area contributed by atoms with Gasteiger partial charge in [-0.3, -0.25) is 4.79 Å². The number of allylic oxidation sites excluding steroid dienone is 8. The van der Waals surface area contributed by atoms with Crippen molar-refractivity contribution in [2.45, 2.75) is 294 Å². The van der Waals surface area contributed by atoms with E-state index in [1.54, 1.807) is 0 Å². The molecule has 1 fully saturated rings. The van der Waals surface area contributed by atoms with Crippen molar-refractivity contribution in [3.8, 4) is 0 Å². The van der Waals surface area contributed by atoms with Gasteiger partial charge in [-0.2, -0.15) is 0 Å². The molecule has 11 nitrogen and oxygen atoms in total. The van der Waals surface area contributed by atoms with Crippen LogP contribution in [0.2, 0.25) is 0 Å². The maximum atomic E-state index is 13.2. The van der Waals surface area contributed by atoms with Crippen LogP contribution >= 0.6 is 0 Å². The lowest BCUT2D eigenvalue weighted by atomic mass is 9.98. The molecule has 68 heavy (non-hydrogen) atoms. The number of hydrogen-bond donors (Lipinski definition) is 8. The van der Waals surface area contributed by atoms with Crippen LogP contribution in [0.5, 0.6) is 0 Å². The van der Waals surface area contributed by atoms with E-state index in [2.05, 4.69) is 67.8 Å². The number of unbranched alkanes of at least 4 members (excludes halogenated alkanes) is 27. The summed E-state index contributed by atoms with van der Waals surface area (Å²) in [6.45, 7) is 3.35. The Hall–Kier alpha value is -1.93. The number of rotatable bonds is 47. The van der Waals surface area contributed by atoms with Gasteiger partial charge in [0.25, 0.3) is 0 Å². The van der Waals surface area contributed by atoms with E-state index in [9.17, 15) is 40.5 Å². The Bertz CT molecular complexity index is 1240. The van der Waals surface area contributed by atoms with Gasteiger partial charge in [0.1, 0.15) is 36.6 Å². The minimum atomic E-state index is -1.67. The molecule has 0 aromatic rings. The number of hydrogen-bond acceptors (Lipinski definition) is 10. The van der Waals surface area contributed by atoms with E-state index in [0.717, 1.165) is 51.4 Å². The lowest BCUT2D eigenvalue weighted by Gasteiger charge is -2.40. The molecule has 1 rings (SSSR count). The van der Waals surface area contributed by atoms with Crippen molar-refractivity contribution in [1.29, 1.82) is 0 Å². The molecule has 0 spiro atoms. The number of ether oxygens (including phenoxy) is 2. The average molecular weight is 964 g/mol. The summed E-state index contributed by atoms with van der Waals surface area (Å²) in [6, 6.07) is -1.19. The Balaban J connectivity index is 2.37. The highest BCUT2D eigenvalue weighted by Crippen LogP contribution is 2.23. The van der Waals surface area contributed by atoms with Gasteiger partial charge in [-0.05, 0) is 77.0 Å². The zero-order valence-electron chi connectivity index (χ0n) is 43.3. The van der Waals surface area contributed by atoms with Crippen LogP contribution in [0, 0.1) is 0 Å². The molecule has 9 atom stereocenters. The minimum Gasteiger partial charge on any atom is -0.394 e. The Labute approximate surface area is 415 Å². The molecule has 1 saturated heterocycles. The minimum absolute atomic E-state index is 0.246. The molecule has 0 radical (unpaired) electrons. The van der Waals surface area contributed by atoms with Gasteiger partial charge in [0.05, 0.1) is 25.4 Å². The third kappa shape index (κ3) is 34.4. The predicted molar refractivity (Wildman–Crippen MR) is 279 cm³/mol. The van der Waals surface area contributed by atoms with E-state index in [-0.39, 0.29) is 12.8 Å². The van der Waals surface area contributed by atoms with Crippen molar-refractivity contribution < 1.29 is 50.0 Å². The maximum absolute atomic E-state index is 13.2. The predicted octanol–water partition coefficient (Wildman–Crippen LogP) is 11.3. The van der Waals surface area contributed by atoms with E-state index < -0.39 is 74.2 Å². The molecule has 398 valence electrons. The summed E-state index contributed by atoms with van der Waals surface area (Å²) in [4.78, 5) is 13.2. The smallest absolute Gasteiger partial charge is 0.249 e. The van der Waals surface area contributed by atoms with Gasteiger partial charge in [-0.25, -0.2) is 0 Å². The highest BCUT2D eigenvalue weighted by atomic mass is 16.7. The first-order chi connectivity index (χ1) is 33.2. The van der Waals surface area contributed by atoms with Crippen LogP contribution in [0.4, 0.5) is 0 Å². The second-order valence-electron chi connectivity index (χ2n) is 19.6. The van der Waals surface area contributed by atoms with Crippen molar-refractivity contribution in [2.24, 2.45) is 0 Å². The van der Waals surface area contributed by atoms with Crippen LogP contribution in [0.25, 0.3) is 0 Å². The average Bonchev–Trinajstić information content (AvgIpc) is 3.34. The fourth-order valence-corrected chi connectivity index (χ4v) is 8.79. The van der Waals surface area contributed by atoms with E-state index >= 15 is 0 Å². The van der Waals surface area contributed by atoms with Crippen LogP contribution in [-0.2, 0) is 14.3 Å². The van der Waals surface area contributed by atoms with E-state index in [0.29, 0.717) is 19.3 Å². The largest absolute Gasteiger partial charge is 0.394 e. The Kier molecular flexibility index (Phi) is 43.5. The topological polar surface area (TPSA) is 189 Å². The zero-order chi connectivity index (χ0) is 49.7. The van der Waals surface area contributed by atoms with Gasteiger partial charge in [-0.1, -0.05) is 210 Å². The summed E-state index contributed by atoms with van der Waals surface area (Å²) < 4.78 is 11.1. The molecule has 8 N–H and O–H groups in total. The lowest BCUT2D eigenvalue weighted by Crippen LogP contribution is -2.60. The van der Waals surface area contributed by atoms with Crippen LogP contribution < -0.4 is 5.32 Å². The third-order valence-electron chi connectivity index (χ3n) is 13.3. The monoisotopic (exact) mass is 964 g/mol. The second kappa shape index (κ2) is 46.2. The van der Waals surface area contributed by atoms with Gasteiger partial charge < -0.3 is 50.5 Å². The number of aliphatic hydroxyl groups is 7. The number of aliphatic hydroxyl groups excluding tert-OH is 7. The normalized spacial score (nSPS) is 20.9. The fourth-order valence-electron chi connectivity index (χ4n) is 8.79. The molecule has 0 aromatic heterocycles. The number of carbonyl (C=O) groups excluding carboxylic acids is 1. The standard InChI is InChI=1S/C57H105NO10/c1-3-5-7-9-11-13-15-17-19-21-23-25-27-28-30-32-34-36-38-40-42-44-49(60)52(62)48(47-67-57-55(65)54(64)53(63)51(46-59)68-57)58-56(66)50(61)45-43-41-39-37-35-33-31-29-26-24-22-20-18-16-14-12-10-8-6-4-2/h6,8,12,14,28,30,36,38,48-55,57,59-65H,3-5,7,9-11,13,15-27,29,31-35,37,39-47H2,1-2H3,(H,58,66)/b8-6-,14-12-,30-28+,38-36+. The van der Waals surface area contributed by atoms with Gasteiger partial charge in [0, 0.05) is 0 Å². The summed E-state index contributed by atoms with van der Waals surface area (Å²) in [5, 5.41) is 76.0. The molecule has 1 aliphatic heterocycles. The number of amides is 1. The van der Waals surface area contributed by atoms with Gasteiger partial charge in [-0.15, -0.1) is 0 Å². The van der Waals surface area contributed by atoms with E-state index in [4.69, 9.17) is 9.47 Å². The number of carbonyl (C=O) groups is 1. The third-order valence-corrected chi connectivity index (χ3v) is 13.3. The van der Waals surface area contributed by atoms with Crippen LogP contribution in [-0.4, -0.2) is 110 Å². The molecular weight excluding hydrogens is 859 g/mol. The molecule has 0 aromatic carbocycles. The van der Waals surface area contributed by atoms with Crippen LogP contribution in [0.1, 0.15) is 239 Å². The Morgan fingerprint density at radius 3 is 1.47 bits per heavy atom. The van der Waals surface area contributed by atoms with Crippen molar-refractivity contribution in [2.75, 3.05) is 13.2 Å². The molecule has 1 aliphatic rings. The fraction of sp³-hybridized carbons (Fsp3) is 0.842. The maximum Gasteiger partial charge on any atom is 0.249 e. The van der Waals surface area contributed by atoms with Gasteiger partial charge in [0.2, 0.25) is 5.91 Å². The van der Waals surface area contributed by atoms with Gasteiger partial charge >= 0.3 is 0 Å². The van der Waals surface area contributed by atoms with Gasteiger partial charge in [0.15, 0.2) is 6.29 Å². The molecule has 1 amide bonds. The molecule has 9 unspecified atom stereocenters. The van der Waals surface area contributed by atoms with Crippen molar-refractivity contribution in [3.05, 3.63) is 48.6 Å². The highest BCUT2D eigenvalue weighted by molar-refractivity contribution is 5.80. The quantitative estimate of drug-likeness (QED) is 0.0215. The highest BCUT2D eigenvalue weighted by Gasteiger charge is 2.44. The summed E-state index contributed by atoms with van der Waals surface area (Å²) >= 11 is 0. The molecule has 0 aliphatic carbocycles. The first kappa shape index (κ1) is 64.1. The molecular formula is C57H105NO10. The second-order valence-corrected chi connectivity index (χ2v) is 19.6. The Morgan fingerprint density at radius 2 is 0.971 bits per heavy atom. The summed E-state index contributed by atoms with van der Waals surface area (Å²) in [5.74, 6) is -0.711. The molecule has 11 heteroatoms. The number of nitrogens with one attached hydrogen (secondary N) is 1. The Morgan fingerprint density at radius 1 is 0.529 bits per heavy atom. The zero-order valence-corrected chi connectivity index (χ0v) is 43.3. The first-order valence-corrected chi connectivity index (χ1v) is 28.0. The summed E-state index contributed by atoms with van der Waals surface area (Å²) in [6.07, 6.45) is 45.9.